The number of fused-ring (bicyclic) bond motifs is 1. The molecule has 0 aliphatic carbocycles. The summed E-state index contributed by atoms with van der Waals surface area (Å²) in [5.41, 5.74) is 3.43. The zero-order chi connectivity index (χ0) is 12.3. The van der Waals surface area contributed by atoms with Gasteiger partial charge in [0.25, 0.3) is 0 Å². The van der Waals surface area contributed by atoms with Gasteiger partial charge in [0, 0.05) is 32.1 Å². The zero-order valence-corrected chi connectivity index (χ0v) is 9.94. The third-order valence-corrected chi connectivity index (χ3v) is 2.36. The molecule has 0 radical (unpaired) electrons. The lowest BCUT2D eigenvalue weighted by Crippen LogP contribution is -2.07. The maximum absolute atomic E-state index is 4.24. The molecule has 3 nitrogen and oxygen atoms in total. The highest BCUT2D eigenvalue weighted by Gasteiger charge is 1.95. The Labute approximate surface area is 101 Å². The molecule has 0 unspecified atom stereocenters. The summed E-state index contributed by atoms with van der Waals surface area (Å²) in [4.78, 5) is 10.3. The van der Waals surface area contributed by atoms with E-state index in [1.807, 2.05) is 37.2 Å². The minimum atomic E-state index is 0.782. The molecule has 3 heteroatoms. The Morgan fingerprint density at radius 3 is 2.59 bits per heavy atom. The van der Waals surface area contributed by atoms with Gasteiger partial charge in [0.15, 0.2) is 0 Å². The highest BCUT2D eigenvalue weighted by atomic mass is 15.1. The zero-order valence-electron chi connectivity index (χ0n) is 9.94. The predicted molar refractivity (Wildman–Crippen MR) is 69.2 cm³/mol. The molecule has 0 aliphatic heterocycles. The molecule has 0 fully saturated rings. The lowest BCUT2D eigenvalue weighted by atomic mass is 10.2. The van der Waals surface area contributed by atoms with Gasteiger partial charge in [-0.2, -0.15) is 0 Å². The van der Waals surface area contributed by atoms with E-state index >= 15 is 0 Å². The molecule has 0 N–H and O–H groups in total. The Kier molecular flexibility index (Phi) is 3.06. The molecule has 84 valence electrons. The molecule has 0 saturated carbocycles. The van der Waals surface area contributed by atoms with Crippen molar-refractivity contribution in [3.8, 4) is 11.8 Å². The van der Waals surface area contributed by atoms with E-state index in [1.165, 1.54) is 0 Å². The number of aromatic nitrogens is 2. The van der Waals surface area contributed by atoms with E-state index in [0.29, 0.717) is 0 Å². The van der Waals surface area contributed by atoms with Crippen molar-refractivity contribution in [1.82, 2.24) is 14.9 Å². The van der Waals surface area contributed by atoms with Gasteiger partial charge >= 0.3 is 0 Å². The average molecular weight is 223 g/mol. The first kappa shape index (κ1) is 11.2. The van der Waals surface area contributed by atoms with E-state index in [4.69, 9.17) is 0 Å². The van der Waals surface area contributed by atoms with Gasteiger partial charge in [-0.15, -0.1) is 0 Å². The lowest BCUT2D eigenvalue weighted by molar-refractivity contribution is 0.537. The molecule has 1 heterocycles. The van der Waals surface area contributed by atoms with Crippen LogP contribution >= 0.6 is 0 Å². The fourth-order valence-electron chi connectivity index (χ4n) is 1.30. The van der Waals surface area contributed by atoms with Gasteiger partial charge in [0.1, 0.15) is 0 Å². The largest absolute Gasteiger partial charge is 0.371 e. The predicted octanol–water partition coefficient (Wildman–Crippen LogP) is 2.06. The molecule has 2 aromatic rings. The molecule has 0 bridgehead atoms. The van der Waals surface area contributed by atoms with Crippen molar-refractivity contribution < 1.29 is 0 Å². The Balaban J connectivity index is 2.34. The van der Waals surface area contributed by atoms with Crippen LogP contribution in [0.4, 0.5) is 0 Å². The van der Waals surface area contributed by atoms with Crippen LogP contribution in [0.25, 0.3) is 11.0 Å². The molecular formula is C14H13N3. The minimum Gasteiger partial charge on any atom is -0.371 e. The number of hydrogen-bond acceptors (Lipinski definition) is 3. The van der Waals surface area contributed by atoms with Crippen LogP contribution in [0.15, 0.2) is 42.9 Å². The van der Waals surface area contributed by atoms with Crippen LogP contribution in [0.5, 0.6) is 0 Å². The second kappa shape index (κ2) is 4.67. The summed E-state index contributed by atoms with van der Waals surface area (Å²) in [6.45, 7) is 3.86. The first-order chi connectivity index (χ1) is 8.16. The van der Waals surface area contributed by atoms with E-state index in [9.17, 15) is 0 Å². The minimum absolute atomic E-state index is 0.782. The summed E-state index contributed by atoms with van der Waals surface area (Å²) in [6, 6.07) is 5.79. The van der Waals surface area contributed by atoms with Crippen molar-refractivity contribution in [2.45, 2.75) is 0 Å². The van der Waals surface area contributed by atoms with Crippen molar-refractivity contribution >= 4 is 11.0 Å². The van der Waals surface area contributed by atoms with E-state index < -0.39 is 0 Å². The molecular weight excluding hydrogens is 210 g/mol. The molecule has 17 heavy (non-hydrogen) atoms. The first-order valence-corrected chi connectivity index (χ1v) is 5.26. The normalized spacial score (nSPS) is 9.53. The molecule has 0 aliphatic rings. The van der Waals surface area contributed by atoms with Crippen LogP contribution in [0.3, 0.4) is 0 Å². The van der Waals surface area contributed by atoms with Crippen molar-refractivity contribution in [3.05, 3.63) is 48.4 Å². The number of rotatable bonds is 1. The quantitative estimate of drug-likeness (QED) is 0.693. The van der Waals surface area contributed by atoms with E-state index in [0.717, 1.165) is 22.3 Å². The van der Waals surface area contributed by atoms with Gasteiger partial charge in [-0.1, -0.05) is 12.5 Å². The monoisotopic (exact) mass is 223 g/mol. The fourth-order valence-corrected chi connectivity index (χ4v) is 1.30. The van der Waals surface area contributed by atoms with Crippen LogP contribution < -0.4 is 0 Å². The standard InChI is InChI=1S/C14H13N3/c1-11(17(2)3)4-5-12-6-7-13-14(10-12)16-9-8-15-13/h6-10H,1H2,2-3H3. The second-order valence-electron chi connectivity index (χ2n) is 3.85. The number of nitrogens with zero attached hydrogens (tertiary/aromatic N) is 3. The van der Waals surface area contributed by atoms with Crippen LogP contribution in [0.2, 0.25) is 0 Å². The van der Waals surface area contributed by atoms with Crippen LogP contribution in [-0.4, -0.2) is 29.0 Å². The van der Waals surface area contributed by atoms with Crippen molar-refractivity contribution in [3.63, 3.8) is 0 Å². The van der Waals surface area contributed by atoms with Gasteiger partial charge in [0.2, 0.25) is 0 Å². The second-order valence-corrected chi connectivity index (χ2v) is 3.85. The van der Waals surface area contributed by atoms with Crippen molar-refractivity contribution in [2.24, 2.45) is 0 Å². The Morgan fingerprint density at radius 2 is 1.88 bits per heavy atom. The Hall–Kier alpha value is -2.34. The summed E-state index contributed by atoms with van der Waals surface area (Å²) in [5.74, 6) is 6.06. The third-order valence-electron chi connectivity index (χ3n) is 2.36. The fraction of sp³-hybridized carbons (Fsp3) is 0.143. The van der Waals surface area contributed by atoms with E-state index in [1.54, 1.807) is 12.4 Å². The summed E-state index contributed by atoms with van der Waals surface area (Å²) in [6.07, 6.45) is 3.36. The molecule has 1 aromatic heterocycles. The lowest BCUT2D eigenvalue weighted by Gasteiger charge is -2.08. The summed E-state index contributed by atoms with van der Waals surface area (Å²) < 4.78 is 0. The van der Waals surface area contributed by atoms with Gasteiger partial charge in [0.05, 0.1) is 16.7 Å². The Bertz CT molecular complexity index is 618. The summed E-state index contributed by atoms with van der Waals surface area (Å²) >= 11 is 0. The molecule has 0 atom stereocenters. The third kappa shape index (κ3) is 2.61. The summed E-state index contributed by atoms with van der Waals surface area (Å²) in [5, 5.41) is 0. The van der Waals surface area contributed by atoms with E-state index in [2.05, 4.69) is 28.4 Å². The van der Waals surface area contributed by atoms with Gasteiger partial charge in [-0.3, -0.25) is 9.97 Å². The number of allylic oxidation sites excluding steroid dienone is 1. The van der Waals surface area contributed by atoms with Gasteiger partial charge in [-0.05, 0) is 24.1 Å². The molecule has 0 amide bonds. The highest BCUT2D eigenvalue weighted by Crippen LogP contribution is 2.09. The van der Waals surface area contributed by atoms with Crippen LogP contribution in [-0.2, 0) is 0 Å². The van der Waals surface area contributed by atoms with Crippen molar-refractivity contribution in [1.29, 1.82) is 0 Å². The summed E-state index contributed by atoms with van der Waals surface area (Å²) in [7, 11) is 3.84. The van der Waals surface area contributed by atoms with E-state index in [-0.39, 0.29) is 0 Å². The van der Waals surface area contributed by atoms with Gasteiger partial charge in [-0.25, -0.2) is 0 Å². The smallest absolute Gasteiger partial charge is 0.0899 e. The molecule has 1 aromatic carbocycles. The van der Waals surface area contributed by atoms with Crippen molar-refractivity contribution in [2.75, 3.05) is 14.1 Å². The maximum atomic E-state index is 4.24. The average Bonchev–Trinajstić information content (AvgIpc) is 2.35. The molecule has 2 rings (SSSR count). The topological polar surface area (TPSA) is 29.0 Å². The molecule has 0 saturated heterocycles. The number of hydrogen-bond donors (Lipinski definition) is 0. The number of benzene rings is 1. The van der Waals surface area contributed by atoms with Crippen LogP contribution in [0.1, 0.15) is 5.56 Å². The SMILES string of the molecule is C=C(C#Cc1ccc2nccnc2c1)N(C)C. The maximum Gasteiger partial charge on any atom is 0.0899 e. The van der Waals surface area contributed by atoms with Crippen LogP contribution in [0, 0.1) is 11.8 Å². The molecule has 0 spiro atoms. The van der Waals surface area contributed by atoms with Gasteiger partial charge < -0.3 is 4.90 Å². The first-order valence-electron chi connectivity index (χ1n) is 5.26. The highest BCUT2D eigenvalue weighted by molar-refractivity contribution is 5.75. The Morgan fingerprint density at radius 1 is 1.18 bits per heavy atom.